The van der Waals surface area contributed by atoms with Crippen LogP contribution in [-0.2, 0) is 14.2 Å². The summed E-state index contributed by atoms with van der Waals surface area (Å²) in [5.41, 5.74) is -0.162. The van der Waals surface area contributed by atoms with E-state index in [0.717, 1.165) is 52.1 Å². The molecular weight excluding hydrogens is 284 g/mol. The highest BCUT2D eigenvalue weighted by Gasteiger charge is 2.50. The number of carbonyl (C=O) groups excluding carboxylic acids is 1. The van der Waals surface area contributed by atoms with Crippen molar-refractivity contribution in [3.63, 3.8) is 0 Å². The van der Waals surface area contributed by atoms with Crippen LogP contribution in [0.2, 0.25) is 0 Å². The fourth-order valence-electron chi connectivity index (χ4n) is 3.60. The summed E-state index contributed by atoms with van der Waals surface area (Å²) in [4.78, 5) is 15.4. The van der Waals surface area contributed by atoms with Gasteiger partial charge in [-0.15, -0.1) is 0 Å². The Morgan fingerprint density at radius 3 is 2.64 bits per heavy atom. The first-order chi connectivity index (χ1) is 10.6. The van der Waals surface area contributed by atoms with Crippen molar-refractivity contribution in [2.75, 3.05) is 53.6 Å². The summed E-state index contributed by atoms with van der Waals surface area (Å²) in [7, 11) is 3.57. The maximum Gasteiger partial charge on any atom is 0.319 e. The molecule has 1 atom stereocenters. The van der Waals surface area contributed by atoms with E-state index in [0.29, 0.717) is 19.0 Å². The SMILES string of the molecule is CN(C)C(=O)N1CC2(C[C@H](OCC3CCOCC3)CCO2)C1. The molecule has 0 aromatic heterocycles. The Kier molecular flexibility index (Phi) is 4.90. The second kappa shape index (κ2) is 6.72. The van der Waals surface area contributed by atoms with Gasteiger partial charge in [0, 0.05) is 46.9 Å². The summed E-state index contributed by atoms with van der Waals surface area (Å²) in [6, 6.07) is 0.0690. The fraction of sp³-hybridized carbons (Fsp3) is 0.938. The van der Waals surface area contributed by atoms with E-state index < -0.39 is 0 Å². The Balaban J connectivity index is 1.43. The summed E-state index contributed by atoms with van der Waals surface area (Å²) >= 11 is 0. The summed E-state index contributed by atoms with van der Waals surface area (Å²) in [5.74, 6) is 0.640. The molecule has 3 heterocycles. The van der Waals surface area contributed by atoms with Crippen molar-refractivity contribution >= 4 is 6.03 Å². The second-order valence-corrected chi connectivity index (χ2v) is 7.07. The van der Waals surface area contributed by atoms with Gasteiger partial charge in [-0.1, -0.05) is 0 Å². The molecule has 0 aromatic carbocycles. The monoisotopic (exact) mass is 312 g/mol. The highest BCUT2D eigenvalue weighted by molar-refractivity contribution is 5.75. The van der Waals surface area contributed by atoms with Gasteiger partial charge in [0.05, 0.1) is 19.2 Å². The second-order valence-electron chi connectivity index (χ2n) is 7.07. The van der Waals surface area contributed by atoms with E-state index in [4.69, 9.17) is 14.2 Å². The molecular formula is C16H28N2O4. The molecule has 0 bridgehead atoms. The van der Waals surface area contributed by atoms with Gasteiger partial charge in [-0.05, 0) is 25.2 Å². The van der Waals surface area contributed by atoms with Crippen LogP contribution in [0.4, 0.5) is 4.79 Å². The number of hydrogen-bond acceptors (Lipinski definition) is 4. The summed E-state index contributed by atoms with van der Waals surface area (Å²) in [6.45, 7) is 4.70. The molecule has 0 unspecified atom stereocenters. The van der Waals surface area contributed by atoms with Crippen LogP contribution in [0, 0.1) is 5.92 Å². The van der Waals surface area contributed by atoms with Crippen LogP contribution < -0.4 is 0 Å². The molecule has 1 spiro atoms. The highest BCUT2D eigenvalue weighted by Crippen LogP contribution is 2.36. The largest absolute Gasteiger partial charge is 0.381 e. The number of ether oxygens (including phenoxy) is 3. The highest BCUT2D eigenvalue weighted by atomic mass is 16.5. The lowest BCUT2D eigenvalue weighted by molar-refractivity contribution is -0.189. The van der Waals surface area contributed by atoms with Crippen LogP contribution in [0.3, 0.4) is 0 Å². The Bertz CT molecular complexity index is 390. The number of hydrogen-bond donors (Lipinski definition) is 0. The van der Waals surface area contributed by atoms with Gasteiger partial charge < -0.3 is 24.0 Å². The molecule has 0 aromatic rings. The molecule has 3 fully saturated rings. The number of rotatable bonds is 3. The number of nitrogens with zero attached hydrogens (tertiary/aromatic N) is 2. The molecule has 6 nitrogen and oxygen atoms in total. The predicted octanol–water partition coefficient (Wildman–Crippen LogP) is 1.34. The van der Waals surface area contributed by atoms with Gasteiger partial charge in [0.2, 0.25) is 0 Å². The number of carbonyl (C=O) groups is 1. The molecule has 3 rings (SSSR count). The van der Waals surface area contributed by atoms with Gasteiger partial charge in [-0.25, -0.2) is 4.79 Å². The summed E-state index contributed by atoms with van der Waals surface area (Å²) in [6.07, 6.45) is 4.37. The van der Waals surface area contributed by atoms with Gasteiger partial charge in [0.25, 0.3) is 0 Å². The van der Waals surface area contributed by atoms with E-state index in [1.165, 1.54) is 0 Å². The van der Waals surface area contributed by atoms with Crippen molar-refractivity contribution in [2.24, 2.45) is 5.92 Å². The molecule has 0 aliphatic carbocycles. The first kappa shape index (κ1) is 16.0. The van der Waals surface area contributed by atoms with E-state index in [2.05, 4.69) is 0 Å². The quantitative estimate of drug-likeness (QED) is 0.789. The number of amides is 2. The minimum atomic E-state index is -0.162. The van der Waals surface area contributed by atoms with Crippen molar-refractivity contribution in [1.29, 1.82) is 0 Å². The summed E-state index contributed by atoms with van der Waals surface area (Å²) < 4.78 is 17.5. The lowest BCUT2D eigenvalue weighted by atomic mass is 9.85. The van der Waals surface area contributed by atoms with Crippen molar-refractivity contribution in [3.05, 3.63) is 0 Å². The van der Waals surface area contributed by atoms with E-state index in [9.17, 15) is 4.79 Å². The van der Waals surface area contributed by atoms with E-state index in [-0.39, 0.29) is 17.7 Å². The van der Waals surface area contributed by atoms with Gasteiger partial charge in [-0.2, -0.15) is 0 Å². The minimum absolute atomic E-state index is 0.0690. The molecule has 0 N–H and O–H groups in total. The molecule has 3 saturated heterocycles. The Labute approximate surface area is 132 Å². The zero-order valence-electron chi connectivity index (χ0n) is 13.8. The van der Waals surface area contributed by atoms with Crippen LogP contribution in [0.1, 0.15) is 25.7 Å². The zero-order chi connectivity index (χ0) is 15.6. The van der Waals surface area contributed by atoms with Gasteiger partial charge in [-0.3, -0.25) is 0 Å². The minimum Gasteiger partial charge on any atom is -0.381 e. The summed E-state index contributed by atoms with van der Waals surface area (Å²) in [5, 5.41) is 0. The van der Waals surface area contributed by atoms with Crippen LogP contribution in [0.25, 0.3) is 0 Å². The van der Waals surface area contributed by atoms with Gasteiger partial charge >= 0.3 is 6.03 Å². The smallest absolute Gasteiger partial charge is 0.319 e. The molecule has 3 aliphatic heterocycles. The fourth-order valence-corrected chi connectivity index (χ4v) is 3.60. The van der Waals surface area contributed by atoms with Gasteiger partial charge in [0.15, 0.2) is 0 Å². The number of likely N-dealkylation sites (tertiary alicyclic amines) is 1. The maximum atomic E-state index is 11.9. The topological polar surface area (TPSA) is 51.2 Å². The lowest BCUT2D eigenvalue weighted by Crippen LogP contribution is -2.68. The standard InChI is InChI=1S/C16H28N2O4/c1-17(2)15(19)18-11-16(12-18)9-14(5-8-22-16)21-10-13-3-6-20-7-4-13/h13-14H,3-12H2,1-2H3/t14-/m1/s1. The van der Waals surface area contributed by atoms with Crippen molar-refractivity contribution in [3.8, 4) is 0 Å². The molecule has 0 saturated carbocycles. The van der Waals surface area contributed by atoms with Crippen LogP contribution in [0.15, 0.2) is 0 Å². The van der Waals surface area contributed by atoms with E-state index in [1.54, 1.807) is 19.0 Å². The van der Waals surface area contributed by atoms with Crippen LogP contribution in [0.5, 0.6) is 0 Å². The Hall–Kier alpha value is -0.850. The van der Waals surface area contributed by atoms with E-state index in [1.807, 2.05) is 4.90 Å². The molecule has 6 heteroatoms. The molecule has 126 valence electrons. The first-order valence-electron chi connectivity index (χ1n) is 8.37. The molecule has 0 radical (unpaired) electrons. The third-order valence-electron chi connectivity index (χ3n) is 4.97. The first-order valence-corrected chi connectivity index (χ1v) is 8.37. The van der Waals surface area contributed by atoms with Crippen LogP contribution >= 0.6 is 0 Å². The van der Waals surface area contributed by atoms with Crippen molar-refractivity contribution in [2.45, 2.75) is 37.4 Å². The number of urea groups is 1. The lowest BCUT2D eigenvalue weighted by Gasteiger charge is -2.53. The van der Waals surface area contributed by atoms with Crippen molar-refractivity contribution in [1.82, 2.24) is 9.80 Å². The average Bonchev–Trinajstić information content (AvgIpc) is 2.51. The molecule has 22 heavy (non-hydrogen) atoms. The normalized spacial score (nSPS) is 28.5. The Morgan fingerprint density at radius 1 is 1.23 bits per heavy atom. The Morgan fingerprint density at radius 2 is 1.95 bits per heavy atom. The third kappa shape index (κ3) is 3.55. The zero-order valence-corrected chi connectivity index (χ0v) is 13.8. The molecule has 3 aliphatic rings. The third-order valence-corrected chi connectivity index (χ3v) is 4.97. The average molecular weight is 312 g/mol. The van der Waals surface area contributed by atoms with Crippen molar-refractivity contribution < 1.29 is 19.0 Å². The molecule has 2 amide bonds. The van der Waals surface area contributed by atoms with Gasteiger partial charge in [0.1, 0.15) is 5.60 Å². The van der Waals surface area contributed by atoms with Crippen LogP contribution in [-0.4, -0.2) is 81.1 Å². The maximum absolute atomic E-state index is 11.9. The predicted molar refractivity (Wildman–Crippen MR) is 81.9 cm³/mol. The van der Waals surface area contributed by atoms with E-state index >= 15 is 0 Å².